The van der Waals surface area contributed by atoms with E-state index in [1.54, 1.807) is 5.56 Å². The van der Waals surface area contributed by atoms with Gasteiger partial charge in [-0.2, -0.15) is 0 Å². The third kappa shape index (κ3) is 2.81. The lowest BCUT2D eigenvalue weighted by Crippen LogP contribution is -2.25. The van der Waals surface area contributed by atoms with Crippen molar-refractivity contribution in [2.24, 2.45) is 11.7 Å². The number of rotatable bonds is 5. The van der Waals surface area contributed by atoms with Gasteiger partial charge in [0.05, 0.1) is 0 Å². The van der Waals surface area contributed by atoms with Crippen molar-refractivity contribution in [2.45, 2.75) is 33.1 Å². The molecule has 0 unspecified atom stereocenters. The highest BCUT2D eigenvalue weighted by atomic mass is 15.1. The van der Waals surface area contributed by atoms with Crippen LogP contribution in [-0.2, 0) is 12.8 Å². The van der Waals surface area contributed by atoms with Crippen LogP contribution in [0.2, 0.25) is 0 Å². The van der Waals surface area contributed by atoms with Gasteiger partial charge >= 0.3 is 0 Å². The smallest absolute Gasteiger partial charge is 0.0402 e. The summed E-state index contributed by atoms with van der Waals surface area (Å²) in [6.45, 7) is 7.73. The third-order valence-corrected chi connectivity index (χ3v) is 3.46. The van der Waals surface area contributed by atoms with E-state index in [0.717, 1.165) is 25.3 Å². The summed E-state index contributed by atoms with van der Waals surface area (Å²) in [5.74, 6) is 0.730. The van der Waals surface area contributed by atoms with E-state index in [9.17, 15) is 0 Å². The molecule has 1 aromatic rings. The molecule has 94 valence electrons. The van der Waals surface area contributed by atoms with Crippen molar-refractivity contribution in [1.82, 2.24) is 0 Å². The molecule has 1 aliphatic heterocycles. The number of aryl methyl sites for hydroxylation is 1. The van der Waals surface area contributed by atoms with Crippen LogP contribution in [-0.4, -0.2) is 19.6 Å². The summed E-state index contributed by atoms with van der Waals surface area (Å²) in [5.41, 5.74) is 10.2. The summed E-state index contributed by atoms with van der Waals surface area (Å²) < 4.78 is 0. The number of anilines is 1. The van der Waals surface area contributed by atoms with Crippen LogP contribution in [0.25, 0.3) is 0 Å². The monoisotopic (exact) mass is 232 g/mol. The molecule has 2 nitrogen and oxygen atoms in total. The van der Waals surface area contributed by atoms with E-state index in [1.807, 2.05) is 0 Å². The van der Waals surface area contributed by atoms with Crippen LogP contribution >= 0.6 is 0 Å². The van der Waals surface area contributed by atoms with Gasteiger partial charge in [0.1, 0.15) is 0 Å². The first-order chi connectivity index (χ1) is 8.22. The third-order valence-electron chi connectivity index (χ3n) is 3.46. The second-order valence-electron chi connectivity index (χ2n) is 5.40. The van der Waals surface area contributed by atoms with Gasteiger partial charge < -0.3 is 10.6 Å². The summed E-state index contributed by atoms with van der Waals surface area (Å²) in [6.07, 6.45) is 3.44. The molecule has 17 heavy (non-hydrogen) atoms. The molecule has 2 rings (SSSR count). The van der Waals surface area contributed by atoms with Crippen LogP contribution in [0.5, 0.6) is 0 Å². The van der Waals surface area contributed by atoms with Crippen molar-refractivity contribution >= 4 is 5.69 Å². The summed E-state index contributed by atoms with van der Waals surface area (Å²) in [7, 11) is 0. The van der Waals surface area contributed by atoms with Gasteiger partial charge in [0, 0.05) is 18.8 Å². The first-order valence-corrected chi connectivity index (χ1v) is 6.78. The van der Waals surface area contributed by atoms with E-state index in [-0.39, 0.29) is 0 Å². The predicted octanol–water partition coefficient (Wildman–Crippen LogP) is 2.60. The number of nitrogens with two attached hydrogens (primary N) is 1. The molecule has 2 heteroatoms. The second kappa shape index (κ2) is 5.54. The molecular formula is C15H24N2. The minimum atomic E-state index is 0.730. The van der Waals surface area contributed by atoms with Gasteiger partial charge in [-0.05, 0) is 48.9 Å². The summed E-state index contributed by atoms with van der Waals surface area (Å²) in [6, 6.07) is 6.74. The number of hydrogen-bond donors (Lipinski definition) is 1. The van der Waals surface area contributed by atoms with Gasteiger partial charge in [-0.1, -0.05) is 26.0 Å². The normalized spacial score (nSPS) is 14.5. The van der Waals surface area contributed by atoms with Gasteiger partial charge in [0.25, 0.3) is 0 Å². The molecule has 1 aliphatic rings. The summed E-state index contributed by atoms with van der Waals surface area (Å²) in [4.78, 5) is 2.53. The van der Waals surface area contributed by atoms with Crippen molar-refractivity contribution in [1.29, 1.82) is 0 Å². The lowest BCUT2D eigenvalue weighted by molar-refractivity contribution is 0.622. The highest BCUT2D eigenvalue weighted by molar-refractivity contribution is 5.61. The molecular weight excluding hydrogens is 208 g/mol. The fraction of sp³-hybridized carbons (Fsp3) is 0.600. The molecule has 2 N–H and O–H groups in total. The van der Waals surface area contributed by atoms with Crippen LogP contribution in [0.15, 0.2) is 18.2 Å². The summed E-state index contributed by atoms with van der Waals surface area (Å²) >= 11 is 0. The Morgan fingerprint density at radius 2 is 2.18 bits per heavy atom. The first-order valence-electron chi connectivity index (χ1n) is 6.78. The van der Waals surface area contributed by atoms with Gasteiger partial charge in [0.15, 0.2) is 0 Å². The minimum absolute atomic E-state index is 0.730. The Kier molecular flexibility index (Phi) is 4.06. The summed E-state index contributed by atoms with van der Waals surface area (Å²) in [5, 5.41) is 0. The largest absolute Gasteiger partial charge is 0.371 e. The van der Waals surface area contributed by atoms with Crippen molar-refractivity contribution < 1.29 is 0 Å². The molecule has 0 bridgehead atoms. The zero-order valence-corrected chi connectivity index (χ0v) is 11.1. The molecule has 0 atom stereocenters. The molecule has 0 spiro atoms. The molecule has 1 heterocycles. The molecule has 0 aliphatic carbocycles. The quantitative estimate of drug-likeness (QED) is 0.845. The fourth-order valence-electron chi connectivity index (χ4n) is 2.73. The van der Waals surface area contributed by atoms with E-state index >= 15 is 0 Å². The van der Waals surface area contributed by atoms with Crippen LogP contribution in [0, 0.1) is 5.92 Å². The SMILES string of the molecule is CC(C)CN1CCc2c(CCCN)cccc21. The fourth-order valence-corrected chi connectivity index (χ4v) is 2.73. The van der Waals surface area contributed by atoms with Crippen LogP contribution in [0.3, 0.4) is 0 Å². The van der Waals surface area contributed by atoms with Crippen molar-refractivity contribution in [2.75, 3.05) is 24.5 Å². The number of nitrogens with zero attached hydrogens (tertiary/aromatic N) is 1. The van der Waals surface area contributed by atoms with Gasteiger partial charge in [0.2, 0.25) is 0 Å². The van der Waals surface area contributed by atoms with E-state index in [1.165, 1.54) is 30.8 Å². The molecule has 0 saturated heterocycles. The predicted molar refractivity (Wildman–Crippen MR) is 74.6 cm³/mol. The van der Waals surface area contributed by atoms with Crippen molar-refractivity contribution in [3.63, 3.8) is 0 Å². The van der Waals surface area contributed by atoms with Gasteiger partial charge in [-0.3, -0.25) is 0 Å². The average Bonchev–Trinajstić information content (AvgIpc) is 2.70. The Morgan fingerprint density at radius 1 is 1.35 bits per heavy atom. The Bertz CT molecular complexity index is 371. The van der Waals surface area contributed by atoms with Crippen LogP contribution in [0.4, 0.5) is 5.69 Å². The highest BCUT2D eigenvalue weighted by Gasteiger charge is 2.21. The van der Waals surface area contributed by atoms with Gasteiger partial charge in [-0.25, -0.2) is 0 Å². The van der Waals surface area contributed by atoms with Crippen LogP contribution < -0.4 is 10.6 Å². The zero-order valence-electron chi connectivity index (χ0n) is 11.1. The van der Waals surface area contributed by atoms with Gasteiger partial charge in [-0.15, -0.1) is 0 Å². The van der Waals surface area contributed by atoms with E-state index in [4.69, 9.17) is 5.73 Å². The maximum absolute atomic E-state index is 5.60. The van der Waals surface area contributed by atoms with E-state index < -0.39 is 0 Å². The number of hydrogen-bond acceptors (Lipinski definition) is 2. The molecule has 0 amide bonds. The number of benzene rings is 1. The lowest BCUT2D eigenvalue weighted by atomic mass is 10.0. The first kappa shape index (κ1) is 12.4. The maximum atomic E-state index is 5.60. The standard InChI is InChI=1S/C15H24N2/c1-12(2)11-17-10-8-14-13(6-4-9-16)5-3-7-15(14)17/h3,5,7,12H,4,6,8-11,16H2,1-2H3. The Balaban J connectivity index is 2.17. The molecule has 0 aromatic heterocycles. The average molecular weight is 232 g/mol. The Morgan fingerprint density at radius 3 is 2.88 bits per heavy atom. The van der Waals surface area contributed by atoms with E-state index in [0.29, 0.717) is 0 Å². The van der Waals surface area contributed by atoms with Crippen molar-refractivity contribution in [3.05, 3.63) is 29.3 Å². The minimum Gasteiger partial charge on any atom is -0.371 e. The van der Waals surface area contributed by atoms with Crippen LogP contribution in [0.1, 0.15) is 31.4 Å². The van der Waals surface area contributed by atoms with Crippen molar-refractivity contribution in [3.8, 4) is 0 Å². The molecule has 0 saturated carbocycles. The van der Waals surface area contributed by atoms with E-state index in [2.05, 4.69) is 36.9 Å². The Hall–Kier alpha value is -1.02. The topological polar surface area (TPSA) is 29.3 Å². The maximum Gasteiger partial charge on any atom is 0.0402 e. The molecule has 0 radical (unpaired) electrons. The molecule has 1 aromatic carbocycles. The second-order valence-corrected chi connectivity index (χ2v) is 5.40. The Labute approximate surface area is 105 Å². The zero-order chi connectivity index (χ0) is 12.3. The highest BCUT2D eigenvalue weighted by Crippen LogP contribution is 2.31. The lowest BCUT2D eigenvalue weighted by Gasteiger charge is -2.22. The molecule has 0 fully saturated rings. The number of fused-ring (bicyclic) bond motifs is 1.